The van der Waals surface area contributed by atoms with E-state index in [1.807, 2.05) is 24.3 Å². The van der Waals surface area contributed by atoms with E-state index in [9.17, 15) is 9.65 Å². The molecule has 3 aliphatic rings. The molecule has 2 aromatic heterocycles. The number of ether oxygens (including phenoxy) is 2. The molecule has 37 heavy (non-hydrogen) atoms. The van der Waals surface area contributed by atoms with Crippen molar-refractivity contribution >= 4 is 5.82 Å². The smallest absolute Gasteiger partial charge is 0.150 e. The molecule has 2 aliphatic heterocycles. The van der Waals surface area contributed by atoms with Gasteiger partial charge in [-0.3, -0.25) is 4.98 Å². The van der Waals surface area contributed by atoms with Gasteiger partial charge in [-0.05, 0) is 81.9 Å². The summed E-state index contributed by atoms with van der Waals surface area (Å²) in [6.07, 6.45) is 11.0. The second-order valence-electron chi connectivity index (χ2n) is 10.9. The number of hydrogen-bond donors (Lipinski definition) is 2. The van der Waals surface area contributed by atoms with Gasteiger partial charge in [-0.15, -0.1) is 0 Å². The van der Waals surface area contributed by atoms with Gasteiger partial charge in [0.25, 0.3) is 0 Å². The molecule has 0 radical (unpaired) electrons. The van der Waals surface area contributed by atoms with Gasteiger partial charge in [-0.1, -0.05) is 6.07 Å². The molecule has 0 bridgehead atoms. The Kier molecular flexibility index (Phi) is 8.65. The Morgan fingerprint density at radius 3 is 2.70 bits per heavy atom. The number of hydrogen-bond acceptors (Lipinski definition) is 7. The molecule has 7 nitrogen and oxygen atoms in total. The number of anilines is 1. The predicted molar refractivity (Wildman–Crippen MR) is 140 cm³/mol. The lowest BCUT2D eigenvalue weighted by atomic mass is 9.82. The number of pyridine rings is 2. The van der Waals surface area contributed by atoms with Gasteiger partial charge < -0.3 is 20.1 Å². The molecular weight excluding hydrogens is 469 g/mol. The van der Waals surface area contributed by atoms with Crippen LogP contribution in [0.15, 0.2) is 30.5 Å². The lowest BCUT2D eigenvalue weighted by molar-refractivity contribution is 0.0455. The van der Waals surface area contributed by atoms with E-state index in [-0.39, 0.29) is 5.82 Å². The van der Waals surface area contributed by atoms with E-state index in [4.69, 9.17) is 9.47 Å². The van der Waals surface area contributed by atoms with Crippen LogP contribution in [-0.2, 0) is 15.9 Å². The fourth-order valence-electron chi connectivity index (χ4n) is 5.79. The normalized spacial score (nSPS) is 25.5. The molecule has 1 saturated carbocycles. The summed E-state index contributed by atoms with van der Waals surface area (Å²) in [6, 6.07) is 10.5. The molecule has 0 amide bonds. The number of nitrogens with zero attached hydrogens (tertiary/aromatic N) is 3. The van der Waals surface area contributed by atoms with Crippen molar-refractivity contribution in [3.8, 4) is 17.3 Å². The summed E-state index contributed by atoms with van der Waals surface area (Å²) >= 11 is 0. The summed E-state index contributed by atoms with van der Waals surface area (Å²) in [5.74, 6) is 0.841. The zero-order valence-electron chi connectivity index (χ0n) is 21.6. The first kappa shape index (κ1) is 26.0. The highest BCUT2D eigenvalue weighted by atomic mass is 19.1. The third-order valence-electron chi connectivity index (χ3n) is 8.23. The predicted octanol–water partition coefficient (Wildman–Crippen LogP) is 4.88. The molecule has 3 fully saturated rings. The Bertz CT molecular complexity index is 1070. The third-order valence-corrected chi connectivity index (χ3v) is 8.23. The molecule has 1 atom stereocenters. The van der Waals surface area contributed by atoms with E-state index in [0.717, 1.165) is 50.9 Å². The van der Waals surface area contributed by atoms with E-state index in [1.165, 1.54) is 19.0 Å². The van der Waals surface area contributed by atoms with Crippen molar-refractivity contribution in [3.63, 3.8) is 0 Å². The monoisotopic (exact) mass is 507 g/mol. The first-order chi connectivity index (χ1) is 18.1. The standard InChI is InChI=1S/C29H38FN5O2/c30-26-18-33-23(15-21-6-8-22(9-7-21)32-17-24-3-2-12-37-24)16-25(26)27-4-1-5-28(35-27)34-20-29(19-31)10-13-36-14-11-29/h1,4-5,16,18,21-22,24,32H,2-3,6-15,17,20H2,(H,34,35)/t21?,22?,24-/m0/s1. The molecule has 198 valence electrons. The van der Waals surface area contributed by atoms with Gasteiger partial charge in [0.1, 0.15) is 5.82 Å². The molecule has 0 aromatic carbocycles. The second kappa shape index (κ2) is 12.3. The van der Waals surface area contributed by atoms with Gasteiger partial charge >= 0.3 is 0 Å². The van der Waals surface area contributed by atoms with E-state index >= 15 is 0 Å². The quantitative estimate of drug-likeness (QED) is 0.500. The molecule has 1 aliphatic carbocycles. The Morgan fingerprint density at radius 2 is 1.95 bits per heavy atom. The first-order valence-electron chi connectivity index (χ1n) is 13.8. The van der Waals surface area contributed by atoms with Gasteiger partial charge in [0.2, 0.25) is 0 Å². The first-order valence-corrected chi connectivity index (χ1v) is 13.8. The maximum atomic E-state index is 14.8. The van der Waals surface area contributed by atoms with Crippen LogP contribution in [0.3, 0.4) is 0 Å². The van der Waals surface area contributed by atoms with Crippen LogP contribution in [0.4, 0.5) is 10.2 Å². The minimum atomic E-state index is -0.455. The van der Waals surface area contributed by atoms with Crippen LogP contribution in [0.25, 0.3) is 11.3 Å². The SMILES string of the molecule is N#CC1(CNc2cccc(-c3cc(CC4CCC(NC[C@@H]5CCCO5)CC4)ncc3F)n2)CCOCC1. The average Bonchev–Trinajstić information content (AvgIpc) is 3.47. The van der Waals surface area contributed by atoms with Crippen LogP contribution in [0.5, 0.6) is 0 Å². The molecule has 2 aromatic rings. The van der Waals surface area contributed by atoms with Crippen LogP contribution in [-0.4, -0.2) is 55.0 Å². The molecule has 8 heteroatoms. The van der Waals surface area contributed by atoms with Crippen molar-refractivity contribution in [2.45, 2.75) is 69.9 Å². The zero-order chi connectivity index (χ0) is 25.5. The van der Waals surface area contributed by atoms with Gasteiger partial charge in [0.05, 0.1) is 29.5 Å². The highest BCUT2D eigenvalue weighted by molar-refractivity contribution is 5.62. The summed E-state index contributed by atoms with van der Waals surface area (Å²) in [4.78, 5) is 9.07. The summed E-state index contributed by atoms with van der Waals surface area (Å²) in [5.41, 5.74) is 1.51. The van der Waals surface area contributed by atoms with Crippen LogP contribution in [0.2, 0.25) is 0 Å². The highest BCUT2D eigenvalue weighted by Crippen LogP contribution is 2.31. The van der Waals surface area contributed by atoms with E-state index in [2.05, 4.69) is 26.7 Å². The topological polar surface area (TPSA) is 92.1 Å². The lowest BCUT2D eigenvalue weighted by Gasteiger charge is -2.30. The summed E-state index contributed by atoms with van der Waals surface area (Å²) in [5, 5.41) is 16.7. The average molecular weight is 508 g/mol. The largest absolute Gasteiger partial charge is 0.381 e. The fraction of sp³-hybridized carbons (Fsp3) is 0.621. The molecule has 4 heterocycles. The second-order valence-corrected chi connectivity index (χ2v) is 10.9. The van der Waals surface area contributed by atoms with Crippen molar-refractivity contribution in [1.29, 1.82) is 5.26 Å². The fourth-order valence-corrected chi connectivity index (χ4v) is 5.79. The molecule has 2 saturated heterocycles. The summed E-state index contributed by atoms with van der Waals surface area (Å²) in [6.45, 7) is 3.56. The minimum absolute atomic E-state index is 0.367. The molecule has 0 unspecified atom stereocenters. The maximum absolute atomic E-state index is 14.8. The number of halogens is 1. The number of rotatable bonds is 9. The number of nitriles is 1. The van der Waals surface area contributed by atoms with Crippen molar-refractivity contribution in [1.82, 2.24) is 15.3 Å². The molecular formula is C29H38FN5O2. The maximum Gasteiger partial charge on any atom is 0.150 e. The number of aromatic nitrogens is 2. The van der Waals surface area contributed by atoms with Gasteiger partial charge in [0.15, 0.2) is 5.82 Å². The van der Waals surface area contributed by atoms with Gasteiger partial charge in [-0.25, -0.2) is 9.37 Å². The van der Waals surface area contributed by atoms with Crippen molar-refractivity contribution in [3.05, 3.63) is 42.0 Å². The molecule has 0 spiro atoms. The summed E-state index contributed by atoms with van der Waals surface area (Å²) < 4.78 is 26.0. The zero-order valence-corrected chi connectivity index (χ0v) is 21.6. The Labute approximate surface area is 219 Å². The van der Waals surface area contributed by atoms with Crippen LogP contribution < -0.4 is 10.6 Å². The van der Waals surface area contributed by atoms with Crippen LogP contribution in [0.1, 0.15) is 57.1 Å². The third kappa shape index (κ3) is 6.84. The summed E-state index contributed by atoms with van der Waals surface area (Å²) in [7, 11) is 0. The Balaban J connectivity index is 1.17. The van der Waals surface area contributed by atoms with Gasteiger partial charge in [-0.2, -0.15) is 5.26 Å². The van der Waals surface area contributed by atoms with E-state index in [1.54, 1.807) is 0 Å². The number of nitrogens with one attached hydrogen (secondary N) is 2. The van der Waals surface area contributed by atoms with Crippen molar-refractivity contribution in [2.24, 2.45) is 11.3 Å². The molecule has 5 rings (SSSR count). The Morgan fingerprint density at radius 1 is 1.11 bits per heavy atom. The lowest BCUT2D eigenvalue weighted by Crippen LogP contribution is -2.38. The highest BCUT2D eigenvalue weighted by Gasteiger charge is 2.32. The van der Waals surface area contributed by atoms with Crippen LogP contribution in [0, 0.1) is 28.5 Å². The van der Waals surface area contributed by atoms with Crippen molar-refractivity contribution in [2.75, 3.05) is 38.2 Å². The van der Waals surface area contributed by atoms with Crippen LogP contribution >= 0.6 is 0 Å². The van der Waals surface area contributed by atoms with Gasteiger partial charge in [0, 0.05) is 50.2 Å². The van der Waals surface area contributed by atoms with E-state index in [0.29, 0.717) is 67.7 Å². The molecule has 2 N–H and O–H groups in total. The van der Waals surface area contributed by atoms with E-state index < -0.39 is 5.41 Å². The minimum Gasteiger partial charge on any atom is -0.381 e. The Hall–Kier alpha value is -2.60. The van der Waals surface area contributed by atoms with Crippen molar-refractivity contribution < 1.29 is 13.9 Å².